The molecule has 0 aliphatic heterocycles. The van der Waals surface area contributed by atoms with Crippen LogP contribution in [0.25, 0.3) is 16.9 Å². The number of aliphatic carboxylic acids is 1. The summed E-state index contributed by atoms with van der Waals surface area (Å²) in [5.41, 5.74) is 1.54. The number of methoxy groups -OCH3 is 2. The van der Waals surface area contributed by atoms with Gasteiger partial charge in [-0.15, -0.1) is 0 Å². The number of aromatic nitrogens is 2. The average molecular weight is 538 g/mol. The van der Waals surface area contributed by atoms with Crippen LogP contribution in [0.4, 0.5) is 4.39 Å². The zero-order valence-electron chi connectivity index (χ0n) is 22.0. The molecule has 0 unspecified atom stereocenters. The van der Waals surface area contributed by atoms with E-state index in [1.54, 1.807) is 24.3 Å². The maximum Gasteiger partial charge on any atom is 0.303 e. The van der Waals surface area contributed by atoms with E-state index in [9.17, 15) is 18.8 Å². The number of ketones is 1. The van der Waals surface area contributed by atoms with E-state index >= 15 is 0 Å². The van der Waals surface area contributed by atoms with Crippen molar-refractivity contribution in [3.8, 4) is 28.4 Å². The summed E-state index contributed by atoms with van der Waals surface area (Å²) >= 11 is 0. The number of carbonyl (C=O) groups excluding carboxylic acids is 2. The molecule has 0 spiro atoms. The highest BCUT2D eigenvalue weighted by Gasteiger charge is 2.32. The molecule has 2 N–H and O–H groups in total. The number of carbonyl (C=O) groups is 3. The second-order valence-electron chi connectivity index (χ2n) is 9.55. The minimum Gasteiger partial charge on any atom is -0.496 e. The molecule has 1 heterocycles. The molecule has 0 radical (unpaired) electrons. The Labute approximate surface area is 225 Å². The van der Waals surface area contributed by atoms with Gasteiger partial charge >= 0.3 is 5.97 Å². The van der Waals surface area contributed by atoms with E-state index in [1.807, 2.05) is 0 Å². The van der Waals surface area contributed by atoms with Crippen molar-refractivity contribution in [1.29, 1.82) is 0 Å². The second kappa shape index (κ2) is 12.6. The largest absolute Gasteiger partial charge is 0.496 e. The highest BCUT2D eigenvalue weighted by atomic mass is 19.1. The number of halogens is 1. The molecule has 1 amide bonds. The van der Waals surface area contributed by atoms with E-state index in [4.69, 9.17) is 14.6 Å². The number of ether oxygens (including phenoxy) is 2. The number of hydrogen-bond donors (Lipinski definition) is 2. The molecular formula is C29H32FN3O6. The van der Waals surface area contributed by atoms with Crippen molar-refractivity contribution >= 4 is 17.7 Å². The fraction of sp³-hybridized carbons (Fsp3) is 0.379. The minimum absolute atomic E-state index is 0.0362. The Kier molecular flexibility index (Phi) is 8.96. The van der Waals surface area contributed by atoms with E-state index in [-0.39, 0.29) is 30.2 Å². The molecule has 10 heteroatoms. The lowest BCUT2D eigenvalue weighted by atomic mass is 9.81. The normalized spacial score (nSPS) is 14.4. The molecule has 3 aromatic rings. The molecule has 0 saturated heterocycles. The lowest BCUT2D eigenvalue weighted by Crippen LogP contribution is -2.46. The highest BCUT2D eigenvalue weighted by Crippen LogP contribution is 2.39. The number of amides is 1. The van der Waals surface area contributed by atoms with Crippen LogP contribution in [0, 0.1) is 11.7 Å². The van der Waals surface area contributed by atoms with Crippen molar-refractivity contribution in [1.82, 2.24) is 15.1 Å². The number of benzene rings is 2. The summed E-state index contributed by atoms with van der Waals surface area (Å²) < 4.78 is 26.3. The molecule has 2 aromatic carbocycles. The fourth-order valence-electron chi connectivity index (χ4n) is 5.08. The van der Waals surface area contributed by atoms with Crippen LogP contribution in [0.1, 0.15) is 55.4 Å². The number of nitrogens with one attached hydrogen (secondary N) is 1. The fourth-order valence-corrected chi connectivity index (χ4v) is 5.08. The van der Waals surface area contributed by atoms with E-state index in [1.165, 1.54) is 43.2 Å². The van der Waals surface area contributed by atoms with Crippen LogP contribution >= 0.6 is 0 Å². The van der Waals surface area contributed by atoms with Crippen molar-refractivity contribution < 1.29 is 33.4 Å². The standard InChI is InChI=1S/C29H32FN3O6/c1-38-24-9-6-10-25(39-2)27(24)22-17-21(32-33(22)20-13-11-19(30)12-14-20)29(37)31-28(18-7-4-3-5-8-18)23(34)15-16-26(35)36/h6,9-14,17-18,28H,3-5,7-8,15-16H2,1-2H3,(H,31,37)(H,35,36)/t28-/m0/s1. The predicted molar refractivity (Wildman–Crippen MR) is 142 cm³/mol. The molecule has 9 nitrogen and oxygen atoms in total. The molecule has 1 aromatic heterocycles. The van der Waals surface area contributed by atoms with E-state index < -0.39 is 23.7 Å². The van der Waals surface area contributed by atoms with Crippen LogP contribution in [0.15, 0.2) is 48.5 Å². The summed E-state index contributed by atoms with van der Waals surface area (Å²) in [4.78, 5) is 37.7. The van der Waals surface area contributed by atoms with Crippen LogP contribution in [-0.4, -0.2) is 52.8 Å². The molecule has 1 saturated carbocycles. The molecule has 1 aliphatic carbocycles. The van der Waals surface area contributed by atoms with Crippen LogP contribution in [0.2, 0.25) is 0 Å². The average Bonchev–Trinajstić information content (AvgIpc) is 3.40. The molecule has 4 rings (SSSR count). The van der Waals surface area contributed by atoms with Gasteiger partial charge in [0.2, 0.25) is 0 Å². The van der Waals surface area contributed by atoms with Crippen LogP contribution in [-0.2, 0) is 9.59 Å². The first-order chi connectivity index (χ1) is 18.8. The first-order valence-corrected chi connectivity index (χ1v) is 12.9. The van der Waals surface area contributed by atoms with Gasteiger partial charge in [-0.05, 0) is 61.2 Å². The Balaban J connectivity index is 1.74. The van der Waals surface area contributed by atoms with Crippen molar-refractivity contribution in [2.75, 3.05) is 14.2 Å². The highest BCUT2D eigenvalue weighted by molar-refractivity contribution is 5.98. The molecular weight excluding hydrogens is 505 g/mol. The van der Waals surface area contributed by atoms with Crippen LogP contribution in [0.5, 0.6) is 11.5 Å². The first kappa shape index (κ1) is 27.8. The Morgan fingerprint density at radius 1 is 1.03 bits per heavy atom. The van der Waals surface area contributed by atoms with Crippen molar-refractivity contribution in [2.45, 2.75) is 51.0 Å². The number of Topliss-reactive ketones (excluding diaryl/α,β-unsaturated/α-hetero) is 1. The molecule has 206 valence electrons. The van der Waals surface area contributed by atoms with E-state index in [2.05, 4.69) is 10.4 Å². The summed E-state index contributed by atoms with van der Waals surface area (Å²) in [5, 5.41) is 16.5. The van der Waals surface area contributed by atoms with E-state index in [0.717, 1.165) is 32.1 Å². The van der Waals surface area contributed by atoms with Crippen molar-refractivity contribution in [2.24, 2.45) is 5.92 Å². The van der Waals surface area contributed by atoms with E-state index in [0.29, 0.717) is 28.4 Å². The molecule has 1 atom stereocenters. The van der Waals surface area contributed by atoms with Gasteiger partial charge in [0.1, 0.15) is 17.3 Å². The Bertz CT molecular complexity index is 1310. The second-order valence-corrected chi connectivity index (χ2v) is 9.55. The molecule has 0 bridgehead atoms. The van der Waals surface area contributed by atoms with Gasteiger partial charge < -0.3 is 19.9 Å². The Morgan fingerprint density at radius 3 is 2.26 bits per heavy atom. The number of carboxylic acid groups (broad SMARTS) is 1. The quantitative estimate of drug-likeness (QED) is 0.360. The monoisotopic (exact) mass is 537 g/mol. The van der Waals surface area contributed by atoms with Crippen molar-refractivity contribution in [3.63, 3.8) is 0 Å². The van der Waals surface area contributed by atoms with Gasteiger partial charge in [0.25, 0.3) is 5.91 Å². The SMILES string of the molecule is COc1cccc(OC)c1-c1cc(C(=O)N[C@H](C(=O)CCC(=O)O)C2CCCCC2)nn1-c1ccc(F)cc1. The third-order valence-electron chi connectivity index (χ3n) is 7.04. The topological polar surface area (TPSA) is 120 Å². The van der Waals surface area contributed by atoms with Gasteiger partial charge in [-0.2, -0.15) is 5.10 Å². The van der Waals surface area contributed by atoms with Crippen LogP contribution in [0.3, 0.4) is 0 Å². The minimum atomic E-state index is -1.06. The zero-order chi connectivity index (χ0) is 27.9. The molecule has 1 fully saturated rings. The zero-order valence-corrected chi connectivity index (χ0v) is 22.0. The number of hydrogen-bond acceptors (Lipinski definition) is 6. The Morgan fingerprint density at radius 2 is 1.67 bits per heavy atom. The number of rotatable bonds is 11. The number of carboxylic acids is 1. The Hall–Kier alpha value is -4.21. The van der Waals surface area contributed by atoms with Gasteiger partial charge in [0.05, 0.1) is 43.6 Å². The lowest BCUT2D eigenvalue weighted by molar-refractivity contribution is -0.139. The summed E-state index contributed by atoms with van der Waals surface area (Å²) in [6.45, 7) is 0. The summed E-state index contributed by atoms with van der Waals surface area (Å²) in [6, 6.07) is 11.7. The van der Waals surface area contributed by atoms with Crippen molar-refractivity contribution in [3.05, 3.63) is 60.0 Å². The number of nitrogens with zero attached hydrogens (tertiary/aromatic N) is 2. The molecule has 39 heavy (non-hydrogen) atoms. The summed E-state index contributed by atoms with van der Waals surface area (Å²) in [6.07, 6.45) is 4.04. The van der Waals surface area contributed by atoms with Gasteiger partial charge in [0.15, 0.2) is 11.5 Å². The van der Waals surface area contributed by atoms with Gasteiger partial charge in [-0.25, -0.2) is 9.07 Å². The smallest absolute Gasteiger partial charge is 0.303 e. The predicted octanol–water partition coefficient (Wildman–Crippen LogP) is 4.81. The maximum atomic E-state index is 13.7. The third kappa shape index (κ3) is 6.45. The van der Waals surface area contributed by atoms with Gasteiger partial charge in [-0.1, -0.05) is 25.3 Å². The maximum absolute atomic E-state index is 13.7. The third-order valence-corrected chi connectivity index (χ3v) is 7.04. The summed E-state index contributed by atoms with van der Waals surface area (Å²) in [5.74, 6) is -1.47. The lowest BCUT2D eigenvalue weighted by Gasteiger charge is -2.29. The van der Waals surface area contributed by atoms with Crippen LogP contribution < -0.4 is 14.8 Å². The first-order valence-electron chi connectivity index (χ1n) is 12.9. The summed E-state index contributed by atoms with van der Waals surface area (Å²) in [7, 11) is 3.03. The van der Waals surface area contributed by atoms with Gasteiger partial charge in [0, 0.05) is 6.42 Å². The van der Waals surface area contributed by atoms with Gasteiger partial charge in [-0.3, -0.25) is 14.4 Å². The molecule has 1 aliphatic rings.